The number of benzene rings is 1. The molecule has 3 rings (SSSR count). The van der Waals surface area contributed by atoms with Gasteiger partial charge in [0.05, 0.1) is 4.88 Å². The van der Waals surface area contributed by atoms with E-state index in [1.165, 1.54) is 15.3 Å². The summed E-state index contributed by atoms with van der Waals surface area (Å²) in [5.74, 6) is 0.387. The molecule has 3 aromatic rings. The lowest BCUT2D eigenvalue weighted by Crippen LogP contribution is -2.09. The molecule has 0 spiro atoms. The van der Waals surface area contributed by atoms with Gasteiger partial charge in [-0.05, 0) is 69.3 Å². The molecule has 2 heterocycles. The highest BCUT2D eigenvalue weighted by molar-refractivity contribution is 7.23. The zero-order valence-electron chi connectivity index (χ0n) is 15.3. The molecule has 0 fully saturated rings. The molecule has 0 aliphatic rings. The van der Waals surface area contributed by atoms with Gasteiger partial charge >= 0.3 is 0 Å². The Hall–Kier alpha value is -1.76. The van der Waals surface area contributed by atoms with Crippen molar-refractivity contribution >= 4 is 22.7 Å². The molecule has 0 amide bonds. The molecule has 0 aliphatic heterocycles. The topological polar surface area (TPSA) is 49.2 Å². The van der Waals surface area contributed by atoms with Crippen molar-refractivity contribution < 1.29 is 5.11 Å². The maximum atomic E-state index is 10.1. The van der Waals surface area contributed by atoms with Gasteiger partial charge < -0.3 is 10.0 Å². The highest BCUT2D eigenvalue weighted by Crippen LogP contribution is 2.37. The van der Waals surface area contributed by atoms with Crippen LogP contribution in [-0.4, -0.2) is 34.3 Å². The highest BCUT2D eigenvalue weighted by Gasteiger charge is 2.15. The Morgan fingerprint density at radius 3 is 2.40 bits per heavy atom. The van der Waals surface area contributed by atoms with Crippen LogP contribution in [0, 0.1) is 13.8 Å². The minimum absolute atomic E-state index is 0.387. The van der Waals surface area contributed by atoms with Gasteiger partial charge in [0.2, 0.25) is 0 Å². The van der Waals surface area contributed by atoms with E-state index < -0.39 is 0 Å². The Balaban J connectivity index is 1.94. The summed E-state index contributed by atoms with van der Waals surface area (Å²) < 4.78 is 0. The lowest BCUT2D eigenvalue weighted by atomic mass is 10.0. The van der Waals surface area contributed by atoms with Gasteiger partial charge in [0.1, 0.15) is 10.8 Å². The van der Waals surface area contributed by atoms with Crippen molar-refractivity contribution in [1.82, 2.24) is 15.1 Å². The maximum absolute atomic E-state index is 10.1. The van der Waals surface area contributed by atoms with Gasteiger partial charge in [-0.2, -0.15) is 0 Å². The molecular formula is C19H23N3OS2. The van der Waals surface area contributed by atoms with Crippen LogP contribution in [0.25, 0.3) is 20.5 Å². The van der Waals surface area contributed by atoms with Gasteiger partial charge in [-0.25, -0.2) is 0 Å². The predicted octanol–water partition coefficient (Wildman–Crippen LogP) is 4.88. The SMILES string of the molecule is CCc1cc(-c2nnc(-c3cc(C)c(CN(C)C)s3)s2)cc(C)c1O. The van der Waals surface area contributed by atoms with Gasteiger partial charge in [0.15, 0.2) is 5.01 Å². The maximum Gasteiger partial charge on any atom is 0.158 e. The largest absolute Gasteiger partial charge is 0.507 e. The number of phenols is 1. The van der Waals surface area contributed by atoms with Crippen LogP contribution in [0.15, 0.2) is 18.2 Å². The molecule has 132 valence electrons. The molecule has 0 bridgehead atoms. The van der Waals surface area contributed by atoms with Gasteiger partial charge in [-0.3, -0.25) is 0 Å². The van der Waals surface area contributed by atoms with Gasteiger partial charge in [0, 0.05) is 17.0 Å². The number of rotatable bonds is 5. The first kappa shape index (κ1) is 18.0. The molecule has 1 aromatic carbocycles. The van der Waals surface area contributed by atoms with E-state index in [2.05, 4.69) is 42.2 Å². The number of phenolic OH excluding ortho intramolecular Hbond substituents is 1. The third-order valence-corrected chi connectivity index (χ3v) is 6.49. The monoisotopic (exact) mass is 373 g/mol. The number of hydrogen-bond donors (Lipinski definition) is 1. The lowest BCUT2D eigenvalue weighted by Gasteiger charge is -2.07. The second kappa shape index (κ2) is 7.23. The normalized spacial score (nSPS) is 11.4. The summed E-state index contributed by atoms with van der Waals surface area (Å²) in [4.78, 5) is 4.72. The van der Waals surface area contributed by atoms with E-state index in [4.69, 9.17) is 0 Å². The second-order valence-electron chi connectivity index (χ2n) is 6.52. The molecule has 0 radical (unpaired) electrons. The van der Waals surface area contributed by atoms with E-state index in [1.54, 1.807) is 22.7 Å². The van der Waals surface area contributed by atoms with Crippen molar-refractivity contribution in [2.45, 2.75) is 33.7 Å². The minimum Gasteiger partial charge on any atom is -0.507 e. The quantitative estimate of drug-likeness (QED) is 0.692. The second-order valence-corrected chi connectivity index (χ2v) is 8.64. The highest BCUT2D eigenvalue weighted by atomic mass is 32.1. The Kier molecular flexibility index (Phi) is 5.22. The fraction of sp³-hybridized carbons (Fsp3) is 0.368. The molecule has 4 nitrogen and oxygen atoms in total. The summed E-state index contributed by atoms with van der Waals surface area (Å²) in [5.41, 5.74) is 4.16. The summed E-state index contributed by atoms with van der Waals surface area (Å²) in [6.45, 7) is 7.07. The number of thiophene rings is 1. The van der Waals surface area contributed by atoms with Gasteiger partial charge in [-0.1, -0.05) is 18.3 Å². The summed E-state index contributed by atoms with van der Waals surface area (Å²) in [6, 6.07) is 6.20. The van der Waals surface area contributed by atoms with E-state index in [0.29, 0.717) is 5.75 Å². The predicted molar refractivity (Wildman–Crippen MR) is 107 cm³/mol. The van der Waals surface area contributed by atoms with Crippen molar-refractivity contribution in [3.63, 3.8) is 0 Å². The number of hydrogen-bond acceptors (Lipinski definition) is 6. The summed E-state index contributed by atoms with van der Waals surface area (Å²) in [7, 11) is 4.17. The van der Waals surface area contributed by atoms with E-state index in [0.717, 1.165) is 39.7 Å². The molecule has 0 unspecified atom stereocenters. The van der Waals surface area contributed by atoms with Crippen molar-refractivity contribution in [3.05, 3.63) is 39.8 Å². The first-order valence-corrected chi connectivity index (χ1v) is 9.93. The zero-order chi connectivity index (χ0) is 18.1. The Morgan fingerprint density at radius 2 is 1.72 bits per heavy atom. The summed E-state index contributed by atoms with van der Waals surface area (Å²) in [6.07, 6.45) is 0.796. The van der Waals surface area contributed by atoms with Crippen LogP contribution in [0.2, 0.25) is 0 Å². The zero-order valence-corrected chi connectivity index (χ0v) is 16.9. The van der Waals surface area contributed by atoms with Crippen LogP contribution in [0.3, 0.4) is 0 Å². The Labute approximate surface area is 156 Å². The minimum atomic E-state index is 0.387. The molecule has 0 saturated carbocycles. The van der Waals surface area contributed by atoms with Crippen LogP contribution in [0.5, 0.6) is 5.75 Å². The molecule has 0 saturated heterocycles. The molecular weight excluding hydrogens is 350 g/mol. The molecule has 6 heteroatoms. The van der Waals surface area contributed by atoms with Crippen molar-refractivity contribution in [3.8, 4) is 26.2 Å². The van der Waals surface area contributed by atoms with Crippen molar-refractivity contribution in [2.75, 3.05) is 14.1 Å². The molecule has 0 aliphatic carbocycles. The Bertz CT molecular complexity index is 896. The fourth-order valence-electron chi connectivity index (χ4n) is 2.75. The average molecular weight is 374 g/mol. The standard InChI is InChI=1S/C19H23N3OS2/c1-6-13-9-14(7-12(3)17(13)23)18-20-21-19(25-18)15-8-11(2)16(24-15)10-22(4)5/h7-9,23H,6,10H2,1-5H3. The summed E-state index contributed by atoms with van der Waals surface area (Å²) >= 11 is 3.40. The third-order valence-electron chi connectivity index (χ3n) is 4.12. The smallest absolute Gasteiger partial charge is 0.158 e. The van der Waals surface area contributed by atoms with Crippen LogP contribution in [0.4, 0.5) is 0 Å². The van der Waals surface area contributed by atoms with Crippen LogP contribution >= 0.6 is 22.7 Å². The third kappa shape index (κ3) is 3.76. The van der Waals surface area contributed by atoms with E-state index >= 15 is 0 Å². The molecule has 2 aromatic heterocycles. The van der Waals surface area contributed by atoms with Crippen LogP contribution < -0.4 is 0 Å². The molecule has 25 heavy (non-hydrogen) atoms. The average Bonchev–Trinajstić information content (AvgIpc) is 3.17. The first-order chi connectivity index (χ1) is 11.9. The molecule has 1 N–H and O–H groups in total. The van der Waals surface area contributed by atoms with E-state index in [9.17, 15) is 5.11 Å². The van der Waals surface area contributed by atoms with Crippen molar-refractivity contribution in [2.24, 2.45) is 0 Å². The fourth-order valence-corrected chi connectivity index (χ4v) is 4.92. The van der Waals surface area contributed by atoms with Gasteiger partial charge in [-0.15, -0.1) is 21.5 Å². The number of aromatic hydroxyl groups is 1. The molecule has 0 atom stereocenters. The number of nitrogens with zero attached hydrogens (tertiary/aromatic N) is 3. The summed E-state index contributed by atoms with van der Waals surface area (Å²) in [5, 5.41) is 20.8. The van der Waals surface area contributed by atoms with E-state index in [1.807, 2.05) is 26.0 Å². The Morgan fingerprint density at radius 1 is 1.00 bits per heavy atom. The van der Waals surface area contributed by atoms with Crippen LogP contribution in [0.1, 0.15) is 28.5 Å². The number of aryl methyl sites for hydroxylation is 3. The van der Waals surface area contributed by atoms with Crippen molar-refractivity contribution in [1.29, 1.82) is 0 Å². The van der Waals surface area contributed by atoms with Gasteiger partial charge in [0.25, 0.3) is 0 Å². The van der Waals surface area contributed by atoms with Crippen LogP contribution in [-0.2, 0) is 13.0 Å². The number of aromatic nitrogens is 2. The lowest BCUT2D eigenvalue weighted by molar-refractivity contribution is 0.405. The first-order valence-electron chi connectivity index (χ1n) is 8.29. The van der Waals surface area contributed by atoms with E-state index in [-0.39, 0.29) is 0 Å².